The van der Waals surface area contributed by atoms with E-state index in [0.717, 1.165) is 27.6 Å². The first kappa shape index (κ1) is 19.4. The first-order valence-electron chi connectivity index (χ1n) is 9.79. The van der Waals surface area contributed by atoms with Crippen LogP contribution in [0.25, 0.3) is 10.8 Å². The highest BCUT2D eigenvalue weighted by molar-refractivity contribution is 6.30. The predicted octanol–water partition coefficient (Wildman–Crippen LogP) is 7.30. The molecule has 0 amide bonds. The molecular weight excluding hydrogens is 378 g/mol. The first-order chi connectivity index (χ1) is 14.1. The van der Waals surface area contributed by atoms with Crippen LogP contribution < -0.4 is 10.1 Å². The molecule has 0 aliphatic rings. The highest BCUT2D eigenvalue weighted by Gasteiger charge is 2.10. The number of anilines is 1. The predicted molar refractivity (Wildman–Crippen MR) is 123 cm³/mol. The molecule has 0 spiro atoms. The van der Waals surface area contributed by atoms with Gasteiger partial charge >= 0.3 is 0 Å². The summed E-state index contributed by atoms with van der Waals surface area (Å²) in [5.74, 6) is 0.899. The molecule has 0 saturated carbocycles. The molecule has 0 aliphatic heterocycles. The Kier molecular flexibility index (Phi) is 5.73. The summed E-state index contributed by atoms with van der Waals surface area (Å²) < 4.78 is 6.23. The Bertz CT molecular complexity index is 1140. The maximum absolute atomic E-state index is 6.23. The number of hydrogen-bond acceptors (Lipinski definition) is 2. The quantitative estimate of drug-likeness (QED) is 0.366. The van der Waals surface area contributed by atoms with E-state index in [1.807, 2.05) is 24.3 Å². The van der Waals surface area contributed by atoms with Gasteiger partial charge in [-0.15, -0.1) is 0 Å². The minimum Gasteiger partial charge on any atom is -0.489 e. The van der Waals surface area contributed by atoms with E-state index in [1.165, 1.54) is 21.9 Å². The lowest BCUT2D eigenvalue weighted by molar-refractivity contribution is 0.304. The molecular formula is C26H24ClNO. The SMILES string of the molecule is Cc1ccc(NCc2c(OCc3ccc(Cl)cc3)ccc3ccccc23)c(C)c1. The molecule has 0 aromatic heterocycles. The molecule has 0 aliphatic carbocycles. The molecule has 0 fully saturated rings. The highest BCUT2D eigenvalue weighted by atomic mass is 35.5. The van der Waals surface area contributed by atoms with Crippen LogP contribution in [0.1, 0.15) is 22.3 Å². The molecule has 0 radical (unpaired) electrons. The van der Waals surface area contributed by atoms with Crippen molar-refractivity contribution in [3.8, 4) is 5.75 Å². The van der Waals surface area contributed by atoms with Gasteiger partial charge < -0.3 is 10.1 Å². The van der Waals surface area contributed by atoms with E-state index < -0.39 is 0 Å². The molecule has 3 heteroatoms. The minimum absolute atomic E-state index is 0.506. The smallest absolute Gasteiger partial charge is 0.125 e. The van der Waals surface area contributed by atoms with Gasteiger partial charge in [-0.3, -0.25) is 0 Å². The van der Waals surface area contributed by atoms with Crippen LogP contribution in [0, 0.1) is 13.8 Å². The third-order valence-electron chi connectivity index (χ3n) is 5.14. The van der Waals surface area contributed by atoms with Gasteiger partial charge in [-0.2, -0.15) is 0 Å². The van der Waals surface area contributed by atoms with Crippen molar-refractivity contribution in [1.29, 1.82) is 0 Å². The lowest BCUT2D eigenvalue weighted by atomic mass is 10.0. The minimum atomic E-state index is 0.506. The number of rotatable bonds is 6. The lowest BCUT2D eigenvalue weighted by Gasteiger charge is -2.17. The molecule has 0 bridgehead atoms. The second-order valence-corrected chi connectivity index (χ2v) is 7.79. The summed E-state index contributed by atoms with van der Waals surface area (Å²) in [6, 6.07) is 26.9. The molecule has 146 valence electrons. The van der Waals surface area contributed by atoms with E-state index in [1.54, 1.807) is 0 Å². The molecule has 4 aromatic rings. The van der Waals surface area contributed by atoms with Gasteiger partial charge in [0.05, 0.1) is 0 Å². The number of fused-ring (bicyclic) bond motifs is 1. The van der Waals surface area contributed by atoms with Crippen LogP contribution in [0.15, 0.2) is 78.9 Å². The number of ether oxygens (including phenoxy) is 1. The maximum atomic E-state index is 6.23. The van der Waals surface area contributed by atoms with Crippen molar-refractivity contribution in [3.05, 3.63) is 106 Å². The number of nitrogens with one attached hydrogen (secondary N) is 1. The summed E-state index contributed by atoms with van der Waals surface area (Å²) in [4.78, 5) is 0. The van der Waals surface area contributed by atoms with Crippen molar-refractivity contribution in [2.24, 2.45) is 0 Å². The second kappa shape index (κ2) is 8.59. The van der Waals surface area contributed by atoms with Gasteiger partial charge in [0.25, 0.3) is 0 Å². The van der Waals surface area contributed by atoms with Gasteiger partial charge in [-0.25, -0.2) is 0 Å². The Morgan fingerprint density at radius 2 is 1.66 bits per heavy atom. The molecule has 29 heavy (non-hydrogen) atoms. The summed E-state index contributed by atoms with van der Waals surface area (Å²) >= 11 is 5.99. The van der Waals surface area contributed by atoms with Gasteiger partial charge in [-0.1, -0.05) is 71.8 Å². The first-order valence-corrected chi connectivity index (χ1v) is 10.2. The Labute approximate surface area is 177 Å². The third kappa shape index (κ3) is 4.55. The Morgan fingerprint density at radius 1 is 0.862 bits per heavy atom. The summed E-state index contributed by atoms with van der Waals surface area (Å²) in [6.45, 7) is 5.45. The van der Waals surface area contributed by atoms with Gasteiger partial charge in [0, 0.05) is 22.8 Å². The summed E-state index contributed by atoms with van der Waals surface area (Å²) in [7, 11) is 0. The van der Waals surface area contributed by atoms with E-state index in [9.17, 15) is 0 Å². The second-order valence-electron chi connectivity index (χ2n) is 7.35. The molecule has 0 heterocycles. The van der Waals surface area contributed by atoms with Crippen LogP contribution in [-0.2, 0) is 13.2 Å². The molecule has 2 nitrogen and oxygen atoms in total. The van der Waals surface area contributed by atoms with Gasteiger partial charge in [0.2, 0.25) is 0 Å². The van der Waals surface area contributed by atoms with Gasteiger partial charge in [0.1, 0.15) is 12.4 Å². The monoisotopic (exact) mass is 401 g/mol. The van der Waals surface area contributed by atoms with Crippen LogP contribution in [0.5, 0.6) is 5.75 Å². The van der Waals surface area contributed by atoms with Gasteiger partial charge in [0.15, 0.2) is 0 Å². The van der Waals surface area contributed by atoms with Crippen molar-refractivity contribution in [1.82, 2.24) is 0 Å². The standard InChI is InChI=1S/C26H24ClNO/c1-18-7-13-25(19(2)15-18)28-16-24-23-6-4-3-5-21(23)10-14-26(24)29-17-20-8-11-22(27)12-9-20/h3-15,28H,16-17H2,1-2H3. The Balaban J connectivity index is 1.62. The molecule has 4 aromatic carbocycles. The van der Waals surface area contributed by atoms with Crippen molar-refractivity contribution in [2.45, 2.75) is 27.0 Å². The van der Waals surface area contributed by atoms with Crippen molar-refractivity contribution < 1.29 is 4.74 Å². The molecule has 0 unspecified atom stereocenters. The number of aryl methyl sites for hydroxylation is 2. The molecule has 1 N–H and O–H groups in total. The van der Waals surface area contributed by atoms with Gasteiger partial charge in [-0.05, 0) is 60.0 Å². The average Bonchev–Trinajstić information content (AvgIpc) is 2.73. The van der Waals surface area contributed by atoms with E-state index in [2.05, 4.69) is 73.8 Å². The molecule has 4 rings (SSSR count). The maximum Gasteiger partial charge on any atom is 0.125 e. The zero-order chi connectivity index (χ0) is 20.2. The average molecular weight is 402 g/mol. The van der Waals surface area contributed by atoms with Crippen LogP contribution >= 0.6 is 11.6 Å². The zero-order valence-corrected chi connectivity index (χ0v) is 17.5. The van der Waals surface area contributed by atoms with E-state index in [4.69, 9.17) is 16.3 Å². The van der Waals surface area contributed by atoms with Crippen molar-refractivity contribution in [3.63, 3.8) is 0 Å². The van der Waals surface area contributed by atoms with Crippen LogP contribution in [0.3, 0.4) is 0 Å². The van der Waals surface area contributed by atoms with Crippen LogP contribution in [0.4, 0.5) is 5.69 Å². The van der Waals surface area contributed by atoms with E-state index in [-0.39, 0.29) is 0 Å². The molecule has 0 atom stereocenters. The zero-order valence-electron chi connectivity index (χ0n) is 16.7. The number of benzene rings is 4. The lowest BCUT2D eigenvalue weighted by Crippen LogP contribution is -2.05. The number of hydrogen-bond donors (Lipinski definition) is 1. The van der Waals surface area contributed by atoms with E-state index in [0.29, 0.717) is 13.2 Å². The van der Waals surface area contributed by atoms with E-state index >= 15 is 0 Å². The summed E-state index contributed by atoms with van der Waals surface area (Å²) in [5, 5.41) is 6.75. The topological polar surface area (TPSA) is 21.3 Å². The fourth-order valence-corrected chi connectivity index (χ4v) is 3.70. The molecule has 0 saturated heterocycles. The van der Waals surface area contributed by atoms with Crippen molar-refractivity contribution >= 4 is 28.1 Å². The van der Waals surface area contributed by atoms with Crippen LogP contribution in [-0.4, -0.2) is 0 Å². The highest BCUT2D eigenvalue weighted by Crippen LogP contribution is 2.30. The Morgan fingerprint density at radius 3 is 2.45 bits per heavy atom. The van der Waals surface area contributed by atoms with Crippen LogP contribution in [0.2, 0.25) is 5.02 Å². The Hall–Kier alpha value is -2.97. The summed E-state index contributed by atoms with van der Waals surface area (Å²) in [5.41, 5.74) is 5.92. The fraction of sp³-hybridized carbons (Fsp3) is 0.154. The normalized spacial score (nSPS) is 10.9. The number of halogens is 1. The third-order valence-corrected chi connectivity index (χ3v) is 5.39. The van der Waals surface area contributed by atoms with Crippen molar-refractivity contribution in [2.75, 3.05) is 5.32 Å². The largest absolute Gasteiger partial charge is 0.489 e. The summed E-state index contributed by atoms with van der Waals surface area (Å²) in [6.07, 6.45) is 0. The fourth-order valence-electron chi connectivity index (χ4n) is 3.57.